The first-order valence-corrected chi connectivity index (χ1v) is 6.90. The van der Waals surface area contributed by atoms with Crippen molar-refractivity contribution in [3.63, 3.8) is 0 Å². The molecule has 1 heterocycles. The summed E-state index contributed by atoms with van der Waals surface area (Å²) in [5.74, 6) is 1.84. The van der Waals surface area contributed by atoms with Crippen LogP contribution in [0.1, 0.15) is 26.2 Å². The summed E-state index contributed by atoms with van der Waals surface area (Å²) in [4.78, 5) is 4.37. The highest BCUT2D eigenvalue weighted by Gasteiger charge is 2.22. The van der Waals surface area contributed by atoms with Gasteiger partial charge in [-0.1, -0.05) is 6.92 Å². The molecule has 4 nitrogen and oxygen atoms in total. The summed E-state index contributed by atoms with van der Waals surface area (Å²) in [7, 11) is 0. The zero-order chi connectivity index (χ0) is 13.1. The highest BCUT2D eigenvalue weighted by Crippen LogP contribution is 2.25. The van der Waals surface area contributed by atoms with E-state index in [0.29, 0.717) is 6.04 Å². The maximum atomic E-state index is 5.59. The quantitative estimate of drug-likeness (QED) is 0.863. The Morgan fingerprint density at radius 2 is 2.11 bits per heavy atom. The molecule has 1 N–H and O–H groups in total. The van der Waals surface area contributed by atoms with E-state index in [1.54, 1.807) is 0 Å². The third-order valence-corrected chi connectivity index (χ3v) is 3.14. The molecule has 0 amide bonds. The molecule has 1 fully saturated rings. The first kappa shape index (κ1) is 12.1. The van der Waals surface area contributed by atoms with Crippen molar-refractivity contribution in [3.05, 3.63) is 36.7 Å². The van der Waals surface area contributed by atoms with Crippen LogP contribution >= 0.6 is 0 Å². The van der Waals surface area contributed by atoms with Gasteiger partial charge in [-0.2, -0.15) is 0 Å². The number of hydrogen-bond donors (Lipinski definition) is 1. The van der Waals surface area contributed by atoms with E-state index in [1.165, 1.54) is 12.8 Å². The summed E-state index contributed by atoms with van der Waals surface area (Å²) in [5, 5.41) is 3.43. The molecule has 0 aliphatic heterocycles. The summed E-state index contributed by atoms with van der Waals surface area (Å²) in [5.41, 5.74) is 1.10. The van der Waals surface area contributed by atoms with Crippen molar-refractivity contribution in [2.45, 2.75) is 32.2 Å². The lowest BCUT2D eigenvalue weighted by Crippen LogP contribution is -2.07. The summed E-state index contributed by atoms with van der Waals surface area (Å²) >= 11 is 0. The van der Waals surface area contributed by atoms with E-state index in [0.717, 1.165) is 30.4 Å². The van der Waals surface area contributed by atoms with Gasteiger partial charge in [-0.05, 0) is 43.5 Å². The van der Waals surface area contributed by atoms with Gasteiger partial charge in [0.1, 0.15) is 5.75 Å². The first-order valence-electron chi connectivity index (χ1n) is 6.90. The van der Waals surface area contributed by atoms with Crippen LogP contribution in [0.2, 0.25) is 0 Å². The van der Waals surface area contributed by atoms with E-state index in [2.05, 4.69) is 33.9 Å². The molecular formula is C15H19N3O. The Balaban J connectivity index is 1.75. The Kier molecular flexibility index (Phi) is 3.40. The number of rotatable bonds is 6. The fourth-order valence-electron chi connectivity index (χ4n) is 1.95. The third-order valence-electron chi connectivity index (χ3n) is 3.14. The van der Waals surface area contributed by atoms with Crippen molar-refractivity contribution in [3.8, 4) is 11.4 Å². The predicted molar refractivity (Wildman–Crippen MR) is 76.0 cm³/mol. The molecular weight excluding hydrogens is 238 g/mol. The van der Waals surface area contributed by atoms with E-state index < -0.39 is 0 Å². The summed E-state index contributed by atoms with van der Waals surface area (Å²) in [6, 6.07) is 8.74. The molecule has 1 aromatic heterocycles. The maximum Gasteiger partial charge on any atom is 0.207 e. The van der Waals surface area contributed by atoms with Crippen LogP contribution in [0.5, 0.6) is 5.75 Å². The lowest BCUT2D eigenvalue weighted by Gasteiger charge is -2.10. The number of aromatic nitrogens is 2. The zero-order valence-electron chi connectivity index (χ0n) is 11.2. The lowest BCUT2D eigenvalue weighted by molar-refractivity contribution is 0.317. The minimum atomic E-state index is 0.605. The summed E-state index contributed by atoms with van der Waals surface area (Å²) < 4.78 is 7.66. The third kappa shape index (κ3) is 2.89. The molecule has 0 bridgehead atoms. The normalized spacial score (nSPS) is 14.4. The van der Waals surface area contributed by atoms with Crippen molar-refractivity contribution in [1.29, 1.82) is 0 Å². The lowest BCUT2D eigenvalue weighted by atomic mass is 10.3. The van der Waals surface area contributed by atoms with E-state index in [9.17, 15) is 0 Å². The van der Waals surface area contributed by atoms with Gasteiger partial charge in [-0.25, -0.2) is 4.98 Å². The Bertz CT molecular complexity index is 529. The summed E-state index contributed by atoms with van der Waals surface area (Å²) in [6.45, 7) is 2.87. The fourth-order valence-corrected chi connectivity index (χ4v) is 1.95. The van der Waals surface area contributed by atoms with Crippen LogP contribution in [0.15, 0.2) is 36.7 Å². The second kappa shape index (κ2) is 5.34. The molecule has 0 radical (unpaired) electrons. The molecule has 4 heteroatoms. The summed E-state index contributed by atoms with van der Waals surface area (Å²) in [6.07, 6.45) is 7.32. The highest BCUT2D eigenvalue weighted by molar-refractivity contribution is 5.45. The fraction of sp³-hybridized carbons (Fsp3) is 0.400. The van der Waals surface area contributed by atoms with Crippen LogP contribution in [-0.2, 0) is 0 Å². The molecule has 2 aromatic rings. The number of nitrogens with zero attached hydrogens (tertiary/aromatic N) is 2. The number of hydrogen-bond acceptors (Lipinski definition) is 3. The van der Waals surface area contributed by atoms with Crippen molar-refractivity contribution in [2.24, 2.45) is 0 Å². The Labute approximate surface area is 113 Å². The minimum absolute atomic E-state index is 0.605. The highest BCUT2D eigenvalue weighted by atomic mass is 16.5. The van der Waals surface area contributed by atoms with Gasteiger partial charge in [0.05, 0.1) is 6.61 Å². The molecule has 1 aliphatic rings. The second-order valence-corrected chi connectivity index (χ2v) is 4.88. The molecule has 3 rings (SSSR count). The Hall–Kier alpha value is -1.97. The molecule has 0 atom stereocenters. The van der Waals surface area contributed by atoms with Gasteiger partial charge in [-0.3, -0.25) is 4.57 Å². The molecule has 1 aromatic carbocycles. The molecule has 1 saturated carbocycles. The van der Waals surface area contributed by atoms with Crippen molar-refractivity contribution >= 4 is 5.95 Å². The average Bonchev–Trinajstić information content (AvgIpc) is 3.13. The molecule has 0 spiro atoms. The average molecular weight is 257 g/mol. The molecule has 100 valence electrons. The van der Waals surface area contributed by atoms with E-state index in [-0.39, 0.29) is 0 Å². The molecule has 19 heavy (non-hydrogen) atoms. The number of ether oxygens (including phenoxy) is 1. The van der Waals surface area contributed by atoms with Crippen LogP contribution in [0.4, 0.5) is 5.95 Å². The standard InChI is InChI=1S/C15H19N3O/c1-2-11-19-14-7-5-13(6-8-14)18-10-9-16-15(18)17-12-3-4-12/h5-10,12H,2-4,11H2,1H3,(H,16,17). The van der Waals surface area contributed by atoms with Gasteiger partial charge >= 0.3 is 0 Å². The van der Waals surface area contributed by atoms with Crippen molar-refractivity contribution in [2.75, 3.05) is 11.9 Å². The minimum Gasteiger partial charge on any atom is -0.494 e. The van der Waals surface area contributed by atoms with Crippen molar-refractivity contribution < 1.29 is 4.74 Å². The van der Waals surface area contributed by atoms with Gasteiger partial charge in [-0.15, -0.1) is 0 Å². The zero-order valence-corrected chi connectivity index (χ0v) is 11.2. The SMILES string of the molecule is CCCOc1ccc(-n2ccnc2NC2CC2)cc1. The van der Waals surface area contributed by atoms with Crippen LogP contribution in [0.25, 0.3) is 5.69 Å². The number of imidazole rings is 1. The van der Waals surface area contributed by atoms with Gasteiger partial charge < -0.3 is 10.1 Å². The van der Waals surface area contributed by atoms with E-state index in [4.69, 9.17) is 4.74 Å². The van der Waals surface area contributed by atoms with Crippen LogP contribution in [0.3, 0.4) is 0 Å². The number of anilines is 1. The molecule has 0 saturated heterocycles. The largest absolute Gasteiger partial charge is 0.494 e. The Morgan fingerprint density at radius 1 is 1.32 bits per heavy atom. The van der Waals surface area contributed by atoms with Crippen LogP contribution < -0.4 is 10.1 Å². The van der Waals surface area contributed by atoms with Crippen molar-refractivity contribution in [1.82, 2.24) is 9.55 Å². The van der Waals surface area contributed by atoms with Gasteiger partial charge in [0.15, 0.2) is 0 Å². The number of nitrogens with one attached hydrogen (secondary N) is 1. The van der Waals surface area contributed by atoms with Gasteiger partial charge in [0.25, 0.3) is 0 Å². The first-order chi connectivity index (χ1) is 9.36. The second-order valence-electron chi connectivity index (χ2n) is 4.88. The molecule has 1 aliphatic carbocycles. The van der Waals surface area contributed by atoms with Gasteiger partial charge in [0, 0.05) is 24.1 Å². The van der Waals surface area contributed by atoms with Gasteiger partial charge in [0.2, 0.25) is 5.95 Å². The van der Waals surface area contributed by atoms with Crippen LogP contribution in [-0.4, -0.2) is 22.2 Å². The number of benzene rings is 1. The van der Waals surface area contributed by atoms with E-state index in [1.807, 2.05) is 24.5 Å². The van der Waals surface area contributed by atoms with E-state index >= 15 is 0 Å². The smallest absolute Gasteiger partial charge is 0.207 e. The van der Waals surface area contributed by atoms with Crippen LogP contribution in [0, 0.1) is 0 Å². The molecule has 0 unspecified atom stereocenters. The predicted octanol–water partition coefficient (Wildman–Crippen LogP) is 3.24. The topological polar surface area (TPSA) is 39.1 Å². The Morgan fingerprint density at radius 3 is 2.79 bits per heavy atom. The maximum absolute atomic E-state index is 5.59. The monoisotopic (exact) mass is 257 g/mol.